The first-order chi connectivity index (χ1) is 7.72. The lowest BCUT2D eigenvalue weighted by Crippen LogP contribution is -2.20. The quantitative estimate of drug-likeness (QED) is 0.859. The van der Waals surface area contributed by atoms with Crippen LogP contribution in [0.5, 0.6) is 0 Å². The largest absolute Gasteiger partial charge is 0.466 e. The maximum absolute atomic E-state index is 5.52. The first-order valence-corrected chi connectivity index (χ1v) is 7.39. The number of thiophene rings is 1. The maximum Gasteiger partial charge on any atom is 0.140 e. The Morgan fingerprint density at radius 1 is 1.50 bits per heavy atom. The summed E-state index contributed by atoms with van der Waals surface area (Å²) < 4.78 is 7.64. The van der Waals surface area contributed by atoms with Crippen molar-refractivity contribution in [2.24, 2.45) is 0 Å². The normalized spacial score (nSPS) is 12.9. The van der Waals surface area contributed by atoms with Crippen molar-refractivity contribution in [2.75, 3.05) is 6.54 Å². The van der Waals surface area contributed by atoms with E-state index in [2.05, 4.69) is 55.5 Å². The van der Waals surface area contributed by atoms with Crippen molar-refractivity contribution < 1.29 is 4.42 Å². The van der Waals surface area contributed by atoms with Gasteiger partial charge in [-0.2, -0.15) is 0 Å². The molecule has 0 aliphatic rings. The number of hydrogen-bond donors (Lipinski definition) is 1. The summed E-state index contributed by atoms with van der Waals surface area (Å²) in [5, 5.41) is 5.50. The second kappa shape index (κ2) is 5.49. The van der Waals surface area contributed by atoms with E-state index in [0.717, 1.165) is 21.3 Å². The highest BCUT2D eigenvalue weighted by Gasteiger charge is 2.20. The van der Waals surface area contributed by atoms with Gasteiger partial charge in [0, 0.05) is 14.7 Å². The van der Waals surface area contributed by atoms with Crippen molar-refractivity contribution >= 4 is 43.2 Å². The molecule has 0 aliphatic carbocycles. The van der Waals surface area contributed by atoms with Crippen molar-refractivity contribution in [1.82, 2.24) is 5.32 Å². The summed E-state index contributed by atoms with van der Waals surface area (Å²) in [5.74, 6) is 0.927. The second-order valence-corrected chi connectivity index (χ2v) is 6.00. The predicted molar refractivity (Wildman–Crippen MR) is 73.9 cm³/mol. The Balaban J connectivity index is 2.34. The zero-order valence-corrected chi connectivity index (χ0v) is 12.7. The van der Waals surface area contributed by atoms with Crippen molar-refractivity contribution in [2.45, 2.75) is 13.0 Å². The van der Waals surface area contributed by atoms with E-state index >= 15 is 0 Å². The summed E-state index contributed by atoms with van der Waals surface area (Å²) in [5.41, 5.74) is 0. The number of halogens is 2. The third kappa shape index (κ3) is 2.59. The average molecular weight is 365 g/mol. The molecule has 0 aromatic carbocycles. The fraction of sp³-hybridized carbons (Fsp3) is 0.273. The van der Waals surface area contributed by atoms with E-state index in [4.69, 9.17) is 4.42 Å². The van der Waals surface area contributed by atoms with Crippen LogP contribution in [0.2, 0.25) is 0 Å². The first-order valence-electron chi connectivity index (χ1n) is 4.92. The number of furan rings is 1. The van der Waals surface area contributed by atoms with Crippen LogP contribution >= 0.6 is 43.2 Å². The molecule has 0 fully saturated rings. The van der Waals surface area contributed by atoms with Crippen LogP contribution in [-0.2, 0) is 0 Å². The van der Waals surface area contributed by atoms with Gasteiger partial charge in [-0.15, -0.1) is 11.3 Å². The van der Waals surface area contributed by atoms with Gasteiger partial charge in [-0.05, 0) is 50.5 Å². The standard InChI is InChI=1S/C11H11Br2NOS/c1-2-14-10(9-5-7(12)6-16-9)11-8(13)3-4-15-11/h3-6,10,14H,2H2,1H3. The molecule has 0 bridgehead atoms. The lowest BCUT2D eigenvalue weighted by molar-refractivity contribution is 0.453. The maximum atomic E-state index is 5.52. The Morgan fingerprint density at radius 3 is 2.81 bits per heavy atom. The smallest absolute Gasteiger partial charge is 0.140 e. The Labute approximate surface area is 115 Å². The Morgan fingerprint density at radius 2 is 2.31 bits per heavy atom. The van der Waals surface area contributed by atoms with Crippen LogP contribution in [0.25, 0.3) is 0 Å². The molecule has 0 spiro atoms. The third-order valence-electron chi connectivity index (χ3n) is 2.19. The molecule has 1 unspecified atom stereocenters. The van der Waals surface area contributed by atoms with Crippen LogP contribution < -0.4 is 5.32 Å². The molecule has 0 saturated heterocycles. The molecule has 1 atom stereocenters. The number of hydrogen-bond acceptors (Lipinski definition) is 3. The van der Waals surface area contributed by atoms with Gasteiger partial charge in [0.1, 0.15) is 11.8 Å². The Kier molecular flexibility index (Phi) is 4.24. The van der Waals surface area contributed by atoms with Crippen LogP contribution in [0.3, 0.4) is 0 Å². The Hall–Kier alpha value is -0.100. The van der Waals surface area contributed by atoms with E-state index in [1.807, 2.05) is 6.07 Å². The van der Waals surface area contributed by atoms with Gasteiger partial charge in [0.2, 0.25) is 0 Å². The summed E-state index contributed by atoms with van der Waals surface area (Å²) in [7, 11) is 0. The lowest BCUT2D eigenvalue weighted by atomic mass is 10.2. The van der Waals surface area contributed by atoms with Crippen LogP contribution in [0.15, 0.2) is 37.1 Å². The third-order valence-corrected chi connectivity index (χ3v) is 4.60. The van der Waals surface area contributed by atoms with Gasteiger partial charge in [0.25, 0.3) is 0 Å². The van der Waals surface area contributed by atoms with Crippen molar-refractivity contribution in [3.63, 3.8) is 0 Å². The van der Waals surface area contributed by atoms with Crippen LogP contribution in [0.4, 0.5) is 0 Å². The number of nitrogens with one attached hydrogen (secondary N) is 1. The summed E-state index contributed by atoms with van der Waals surface area (Å²) in [6.07, 6.45) is 1.70. The fourth-order valence-corrected chi connectivity index (χ4v) is 3.46. The molecular weight excluding hydrogens is 354 g/mol. The van der Waals surface area contributed by atoms with Gasteiger partial charge in [0.15, 0.2) is 0 Å². The minimum Gasteiger partial charge on any atom is -0.466 e. The van der Waals surface area contributed by atoms with E-state index in [1.165, 1.54) is 4.88 Å². The van der Waals surface area contributed by atoms with Crippen molar-refractivity contribution in [1.29, 1.82) is 0 Å². The highest BCUT2D eigenvalue weighted by Crippen LogP contribution is 2.34. The minimum absolute atomic E-state index is 0.116. The molecule has 16 heavy (non-hydrogen) atoms. The molecule has 2 aromatic rings. The predicted octanol–water partition coefficient (Wildman–Crippen LogP) is 4.57. The summed E-state index contributed by atoms with van der Waals surface area (Å²) >= 11 is 8.69. The zero-order valence-electron chi connectivity index (χ0n) is 8.67. The van der Waals surface area contributed by atoms with E-state index in [-0.39, 0.29) is 6.04 Å². The zero-order chi connectivity index (χ0) is 11.5. The van der Waals surface area contributed by atoms with Gasteiger partial charge in [0.05, 0.1) is 10.7 Å². The van der Waals surface area contributed by atoms with E-state index in [1.54, 1.807) is 17.6 Å². The first kappa shape index (κ1) is 12.4. The van der Waals surface area contributed by atoms with Gasteiger partial charge in [-0.25, -0.2) is 0 Å². The SMILES string of the molecule is CCNC(c1cc(Br)cs1)c1occc1Br. The molecule has 2 heterocycles. The molecule has 0 aliphatic heterocycles. The Bertz CT molecular complexity index is 466. The van der Waals surface area contributed by atoms with E-state index in [9.17, 15) is 0 Å². The van der Waals surface area contributed by atoms with Crippen molar-refractivity contribution in [3.05, 3.63) is 43.4 Å². The van der Waals surface area contributed by atoms with E-state index < -0.39 is 0 Å². The van der Waals surface area contributed by atoms with Crippen LogP contribution in [0, 0.1) is 0 Å². The molecule has 2 rings (SSSR count). The summed E-state index contributed by atoms with van der Waals surface area (Å²) in [6, 6.07) is 4.15. The monoisotopic (exact) mass is 363 g/mol. The summed E-state index contributed by atoms with van der Waals surface area (Å²) in [6.45, 7) is 2.99. The minimum atomic E-state index is 0.116. The second-order valence-electron chi connectivity index (χ2n) is 3.29. The topological polar surface area (TPSA) is 25.2 Å². The lowest BCUT2D eigenvalue weighted by Gasteiger charge is -2.14. The molecule has 5 heteroatoms. The van der Waals surface area contributed by atoms with Crippen LogP contribution in [0.1, 0.15) is 23.6 Å². The molecule has 0 saturated carbocycles. The molecule has 2 aromatic heterocycles. The molecule has 0 radical (unpaired) electrons. The van der Waals surface area contributed by atoms with Crippen LogP contribution in [-0.4, -0.2) is 6.54 Å². The van der Waals surface area contributed by atoms with Gasteiger partial charge in [-0.3, -0.25) is 0 Å². The molecule has 1 N–H and O–H groups in total. The summed E-state index contributed by atoms with van der Waals surface area (Å²) in [4.78, 5) is 1.24. The highest BCUT2D eigenvalue weighted by molar-refractivity contribution is 9.10. The van der Waals surface area contributed by atoms with Crippen molar-refractivity contribution in [3.8, 4) is 0 Å². The van der Waals surface area contributed by atoms with E-state index in [0.29, 0.717) is 0 Å². The highest BCUT2D eigenvalue weighted by atomic mass is 79.9. The van der Waals surface area contributed by atoms with Gasteiger partial charge in [-0.1, -0.05) is 6.92 Å². The van der Waals surface area contributed by atoms with Gasteiger partial charge < -0.3 is 9.73 Å². The molecule has 0 amide bonds. The molecular formula is C11H11Br2NOS. The average Bonchev–Trinajstić information content (AvgIpc) is 2.84. The van der Waals surface area contributed by atoms with Gasteiger partial charge >= 0.3 is 0 Å². The fourth-order valence-electron chi connectivity index (χ4n) is 1.52. The molecule has 86 valence electrons. The molecule has 2 nitrogen and oxygen atoms in total. The number of rotatable bonds is 4.